The number of nitrogens with one attached hydrogen (secondary N) is 2. The molecule has 2 fully saturated rings. The van der Waals surface area contributed by atoms with Crippen LogP contribution in [0.5, 0.6) is 0 Å². The van der Waals surface area contributed by atoms with E-state index in [4.69, 9.17) is 11.6 Å². The predicted molar refractivity (Wildman–Crippen MR) is 130 cm³/mol. The number of rotatable bonds is 6. The van der Waals surface area contributed by atoms with E-state index in [2.05, 4.69) is 31.7 Å². The largest absolute Gasteiger partial charge is 0.390 e. The number of halogens is 2. The van der Waals surface area contributed by atoms with Crippen LogP contribution >= 0.6 is 27.5 Å². The van der Waals surface area contributed by atoms with Crippen LogP contribution in [0.2, 0.25) is 5.02 Å². The second-order valence-corrected chi connectivity index (χ2v) is 10.4. The summed E-state index contributed by atoms with van der Waals surface area (Å²) in [5.74, 6) is -0.435. The lowest BCUT2D eigenvalue weighted by Crippen LogP contribution is -2.71. The molecule has 1 saturated heterocycles. The van der Waals surface area contributed by atoms with Crippen LogP contribution in [0.3, 0.4) is 0 Å². The highest BCUT2D eigenvalue weighted by Crippen LogP contribution is 2.32. The van der Waals surface area contributed by atoms with Crippen LogP contribution in [0.1, 0.15) is 30.3 Å². The zero-order valence-electron chi connectivity index (χ0n) is 18.7. The van der Waals surface area contributed by atoms with E-state index in [1.54, 1.807) is 18.2 Å². The number of aliphatic hydroxyl groups excluding tert-OH is 2. The molecule has 1 aliphatic heterocycles. The topological polar surface area (TPSA) is 140 Å². The van der Waals surface area contributed by atoms with Gasteiger partial charge in [-0.05, 0) is 38.0 Å². The Labute approximate surface area is 209 Å². The Bertz CT molecular complexity index is 1140. The number of nitrogens with zero attached hydrogens (tertiary/aromatic N) is 3. The number of anilines is 2. The normalized spacial score (nSPS) is 24.6. The van der Waals surface area contributed by atoms with Crippen molar-refractivity contribution in [2.75, 3.05) is 18.4 Å². The van der Waals surface area contributed by atoms with Gasteiger partial charge in [0.1, 0.15) is 5.60 Å². The van der Waals surface area contributed by atoms with Gasteiger partial charge in [-0.2, -0.15) is 5.10 Å². The standard InChI is InChI=1S/C22H27BrClN5O5/c1-11(25-13-6-17(30)18(31)7-13)22(34)9-29(10-22)21(33)20-16(8-19(32)28(2)27-20)26-15-4-3-12(23)5-14(15)24/h3-5,8,11,13,17-18,25-26,30-31,34H,6-7,9-10H2,1-2H3/t11?,13?,17-,18+. The summed E-state index contributed by atoms with van der Waals surface area (Å²) < 4.78 is 1.86. The highest BCUT2D eigenvalue weighted by molar-refractivity contribution is 9.10. The fraction of sp³-hybridized carbons (Fsp3) is 0.500. The molecule has 10 nitrogen and oxygen atoms in total. The maximum Gasteiger partial charge on any atom is 0.276 e. The number of carbonyl (C=O) groups is 1. The average molecular weight is 557 g/mol. The molecule has 2 aromatic rings. The third-order valence-electron chi connectivity index (χ3n) is 6.50. The van der Waals surface area contributed by atoms with E-state index in [0.29, 0.717) is 23.6 Å². The van der Waals surface area contributed by atoms with Crippen LogP contribution < -0.4 is 16.2 Å². The molecule has 1 aromatic carbocycles. The second kappa shape index (κ2) is 9.56. The van der Waals surface area contributed by atoms with Crippen molar-refractivity contribution in [3.05, 3.63) is 49.8 Å². The maximum atomic E-state index is 13.3. The van der Waals surface area contributed by atoms with Crippen molar-refractivity contribution in [2.45, 2.75) is 49.7 Å². The first-order chi connectivity index (χ1) is 16.0. The van der Waals surface area contributed by atoms with Crippen LogP contribution in [-0.4, -0.2) is 78.9 Å². The molecule has 2 aliphatic rings. The van der Waals surface area contributed by atoms with Crippen LogP contribution in [0.25, 0.3) is 0 Å². The number of amides is 1. The lowest BCUT2D eigenvalue weighted by molar-refractivity contribution is -0.102. The smallest absolute Gasteiger partial charge is 0.276 e. The Balaban J connectivity index is 1.48. The van der Waals surface area contributed by atoms with E-state index in [0.717, 1.165) is 9.15 Å². The minimum Gasteiger partial charge on any atom is -0.390 e. The van der Waals surface area contributed by atoms with Gasteiger partial charge in [-0.1, -0.05) is 27.5 Å². The molecule has 1 aromatic heterocycles. The van der Waals surface area contributed by atoms with Gasteiger partial charge < -0.3 is 30.9 Å². The number of β-amino-alcohol motifs (C(OH)–C–C–N with tert-alkyl or cyclic N) is 1. The number of hydrogen-bond donors (Lipinski definition) is 5. The van der Waals surface area contributed by atoms with Gasteiger partial charge >= 0.3 is 0 Å². The van der Waals surface area contributed by atoms with Crippen LogP contribution in [-0.2, 0) is 7.05 Å². The monoisotopic (exact) mass is 555 g/mol. The first-order valence-corrected chi connectivity index (χ1v) is 12.1. The molecule has 2 unspecified atom stereocenters. The SMILES string of the molecule is CC(NC1C[C@@H](O)[C@@H](O)C1)C1(O)CN(C(=O)c2nn(C)c(=O)cc2Nc2ccc(Br)cc2Cl)C1. The molecule has 1 saturated carbocycles. The number of aliphatic hydroxyl groups is 3. The first-order valence-electron chi connectivity index (χ1n) is 10.9. The molecule has 2 heterocycles. The minimum atomic E-state index is -1.17. The van der Waals surface area contributed by atoms with Crippen molar-refractivity contribution in [3.8, 4) is 0 Å². The van der Waals surface area contributed by atoms with Crippen LogP contribution in [0, 0.1) is 0 Å². The van der Waals surface area contributed by atoms with E-state index in [9.17, 15) is 24.9 Å². The molecule has 0 bridgehead atoms. The zero-order chi connectivity index (χ0) is 24.8. The van der Waals surface area contributed by atoms with E-state index in [-0.39, 0.29) is 36.6 Å². The van der Waals surface area contributed by atoms with E-state index in [1.807, 2.05) is 6.92 Å². The number of benzene rings is 1. The van der Waals surface area contributed by atoms with E-state index >= 15 is 0 Å². The molecule has 184 valence electrons. The van der Waals surface area contributed by atoms with E-state index < -0.39 is 29.3 Å². The summed E-state index contributed by atoms with van der Waals surface area (Å²) in [6.07, 6.45) is -0.751. The molecular weight excluding hydrogens is 530 g/mol. The first kappa shape index (κ1) is 25.1. The third kappa shape index (κ3) is 5.00. The zero-order valence-corrected chi connectivity index (χ0v) is 21.0. The molecule has 34 heavy (non-hydrogen) atoms. The second-order valence-electron chi connectivity index (χ2n) is 9.07. The van der Waals surface area contributed by atoms with Crippen molar-refractivity contribution >= 4 is 44.8 Å². The van der Waals surface area contributed by atoms with Crippen molar-refractivity contribution in [1.29, 1.82) is 0 Å². The molecule has 0 radical (unpaired) electrons. The van der Waals surface area contributed by atoms with Gasteiger partial charge in [0.2, 0.25) is 0 Å². The Morgan fingerprint density at radius 2 is 1.88 bits per heavy atom. The van der Waals surface area contributed by atoms with Crippen molar-refractivity contribution in [1.82, 2.24) is 20.0 Å². The Morgan fingerprint density at radius 3 is 2.50 bits per heavy atom. The molecular formula is C22H27BrClN5O5. The average Bonchev–Trinajstić information content (AvgIpc) is 3.06. The summed E-state index contributed by atoms with van der Waals surface area (Å²) in [5, 5.41) is 41.3. The Hall–Kier alpha value is -2.02. The van der Waals surface area contributed by atoms with Crippen LogP contribution in [0.4, 0.5) is 11.4 Å². The van der Waals surface area contributed by atoms with Gasteiger partial charge in [0.15, 0.2) is 5.69 Å². The summed E-state index contributed by atoms with van der Waals surface area (Å²) in [5.41, 5.74) is -0.810. The summed E-state index contributed by atoms with van der Waals surface area (Å²) in [7, 11) is 1.46. The van der Waals surface area contributed by atoms with Gasteiger partial charge in [-0.3, -0.25) is 9.59 Å². The van der Waals surface area contributed by atoms with Gasteiger partial charge in [0.05, 0.1) is 41.7 Å². The number of carbonyl (C=O) groups excluding carboxylic acids is 1. The molecule has 1 amide bonds. The highest BCUT2D eigenvalue weighted by atomic mass is 79.9. The van der Waals surface area contributed by atoms with Gasteiger partial charge in [0, 0.05) is 29.7 Å². The molecule has 5 N–H and O–H groups in total. The summed E-state index contributed by atoms with van der Waals surface area (Å²) in [4.78, 5) is 26.9. The summed E-state index contributed by atoms with van der Waals surface area (Å²) in [6, 6.07) is 5.97. The van der Waals surface area contributed by atoms with Crippen molar-refractivity contribution < 1.29 is 20.1 Å². The summed E-state index contributed by atoms with van der Waals surface area (Å²) >= 11 is 9.62. The number of likely N-dealkylation sites (tertiary alicyclic amines) is 1. The Morgan fingerprint density at radius 1 is 1.24 bits per heavy atom. The molecule has 1 aliphatic carbocycles. The van der Waals surface area contributed by atoms with Gasteiger partial charge in [-0.15, -0.1) is 0 Å². The molecule has 12 heteroatoms. The Kier molecular flexibility index (Phi) is 7.05. The fourth-order valence-electron chi connectivity index (χ4n) is 4.35. The molecule has 4 atom stereocenters. The quantitative estimate of drug-likeness (QED) is 0.355. The van der Waals surface area contributed by atoms with E-state index in [1.165, 1.54) is 18.0 Å². The molecule has 4 rings (SSSR count). The number of aromatic nitrogens is 2. The lowest BCUT2D eigenvalue weighted by Gasteiger charge is -2.50. The maximum absolute atomic E-state index is 13.3. The van der Waals surface area contributed by atoms with Crippen molar-refractivity contribution in [2.24, 2.45) is 7.05 Å². The molecule has 0 spiro atoms. The summed E-state index contributed by atoms with van der Waals surface area (Å²) in [6.45, 7) is 1.95. The highest BCUT2D eigenvalue weighted by Gasteiger charge is 2.49. The van der Waals surface area contributed by atoms with Crippen LogP contribution in [0.15, 0.2) is 33.5 Å². The minimum absolute atomic E-state index is 0.0331. The third-order valence-corrected chi connectivity index (χ3v) is 7.31. The number of hydrogen-bond acceptors (Lipinski definition) is 8. The predicted octanol–water partition coefficient (Wildman–Crippen LogP) is 0.989. The number of aryl methyl sites for hydroxylation is 1. The lowest BCUT2D eigenvalue weighted by atomic mass is 9.86. The van der Waals surface area contributed by atoms with Gasteiger partial charge in [-0.25, -0.2) is 4.68 Å². The van der Waals surface area contributed by atoms with Gasteiger partial charge in [0.25, 0.3) is 11.5 Å². The fourth-order valence-corrected chi connectivity index (χ4v) is 5.07. The van der Waals surface area contributed by atoms with Crippen molar-refractivity contribution in [3.63, 3.8) is 0 Å².